The van der Waals surface area contributed by atoms with Gasteiger partial charge in [0.1, 0.15) is 5.60 Å². The highest BCUT2D eigenvalue weighted by atomic mass is 79.9. The summed E-state index contributed by atoms with van der Waals surface area (Å²) in [5, 5.41) is 9.17. The number of ether oxygens (including phenoxy) is 1. The van der Waals surface area contributed by atoms with Gasteiger partial charge >= 0.3 is 12.1 Å². The Kier molecular flexibility index (Phi) is 5.91. The van der Waals surface area contributed by atoms with Gasteiger partial charge in [-0.15, -0.1) is 0 Å². The zero-order valence-corrected chi connectivity index (χ0v) is 15.9. The molecular formula is C18H24BrNO4. The lowest BCUT2D eigenvalue weighted by atomic mass is 9.86. The Morgan fingerprint density at radius 3 is 2.67 bits per heavy atom. The molecule has 0 aromatic heterocycles. The molecule has 1 saturated heterocycles. The molecule has 132 valence electrons. The molecule has 6 heteroatoms. The van der Waals surface area contributed by atoms with Crippen molar-refractivity contribution in [3.05, 3.63) is 34.3 Å². The van der Waals surface area contributed by atoms with Crippen molar-refractivity contribution >= 4 is 28.0 Å². The zero-order chi connectivity index (χ0) is 17.9. The van der Waals surface area contributed by atoms with Crippen molar-refractivity contribution in [2.45, 2.75) is 39.2 Å². The van der Waals surface area contributed by atoms with Crippen LogP contribution in [-0.2, 0) is 16.0 Å². The van der Waals surface area contributed by atoms with Gasteiger partial charge in [0, 0.05) is 17.6 Å². The van der Waals surface area contributed by atoms with E-state index < -0.39 is 11.7 Å². The Labute approximate surface area is 151 Å². The molecule has 1 aromatic rings. The molecule has 0 unspecified atom stereocenters. The molecule has 5 nitrogen and oxygen atoms in total. The minimum Gasteiger partial charge on any atom is -0.465 e. The Morgan fingerprint density at radius 1 is 1.42 bits per heavy atom. The summed E-state index contributed by atoms with van der Waals surface area (Å²) in [6.45, 7) is 6.39. The van der Waals surface area contributed by atoms with E-state index in [0.29, 0.717) is 25.9 Å². The Hall–Kier alpha value is -1.56. The largest absolute Gasteiger partial charge is 0.465 e. The second-order valence-electron chi connectivity index (χ2n) is 7.25. The molecule has 1 amide bonds. The summed E-state index contributed by atoms with van der Waals surface area (Å²) >= 11 is 3.45. The van der Waals surface area contributed by atoms with Gasteiger partial charge in [0.25, 0.3) is 0 Å². The number of likely N-dealkylation sites (tertiary alicyclic amines) is 1. The monoisotopic (exact) mass is 397 g/mol. The van der Waals surface area contributed by atoms with E-state index in [1.807, 2.05) is 45.0 Å². The van der Waals surface area contributed by atoms with Crippen LogP contribution in [0.4, 0.5) is 4.79 Å². The van der Waals surface area contributed by atoms with Crippen molar-refractivity contribution in [3.63, 3.8) is 0 Å². The highest BCUT2D eigenvalue weighted by Crippen LogP contribution is 2.30. The van der Waals surface area contributed by atoms with Gasteiger partial charge in [-0.25, -0.2) is 4.79 Å². The predicted molar refractivity (Wildman–Crippen MR) is 94.9 cm³/mol. The maximum absolute atomic E-state index is 12.7. The maximum Gasteiger partial charge on any atom is 0.407 e. The molecule has 0 radical (unpaired) electrons. The summed E-state index contributed by atoms with van der Waals surface area (Å²) in [6, 6.07) is 7.84. The van der Waals surface area contributed by atoms with Gasteiger partial charge in [-0.3, -0.25) is 4.79 Å². The second-order valence-corrected chi connectivity index (χ2v) is 8.17. The van der Waals surface area contributed by atoms with Crippen LogP contribution in [0.3, 0.4) is 0 Å². The van der Waals surface area contributed by atoms with Crippen molar-refractivity contribution in [1.29, 1.82) is 0 Å². The van der Waals surface area contributed by atoms with Gasteiger partial charge in [-0.05, 0) is 57.2 Å². The standard InChI is InChI=1S/C18H24BrNO4/c1-18(2,3)24-16(21)15(10-12-5-4-6-14(19)9-12)13-7-8-20(11-13)17(22)23/h4-6,9,13,15H,7-8,10-11H2,1-3H3,(H,22,23)/t13-,15-/m0/s1. The molecule has 0 saturated carbocycles. The quantitative estimate of drug-likeness (QED) is 0.780. The summed E-state index contributed by atoms with van der Waals surface area (Å²) in [4.78, 5) is 25.3. The van der Waals surface area contributed by atoms with Crippen molar-refractivity contribution in [2.24, 2.45) is 11.8 Å². The summed E-state index contributed by atoms with van der Waals surface area (Å²) in [5.74, 6) is -0.613. The van der Waals surface area contributed by atoms with Crippen LogP contribution in [0, 0.1) is 11.8 Å². The first-order valence-corrected chi connectivity index (χ1v) is 8.90. The average molecular weight is 398 g/mol. The third kappa shape index (κ3) is 5.23. The van der Waals surface area contributed by atoms with Gasteiger partial charge in [-0.2, -0.15) is 0 Å². The zero-order valence-electron chi connectivity index (χ0n) is 14.3. The Bertz CT molecular complexity index is 611. The van der Waals surface area contributed by atoms with Crippen molar-refractivity contribution in [2.75, 3.05) is 13.1 Å². The predicted octanol–water partition coefficient (Wildman–Crippen LogP) is 3.95. The molecule has 24 heavy (non-hydrogen) atoms. The third-order valence-corrected chi connectivity index (χ3v) is 4.61. The van der Waals surface area contributed by atoms with Crippen LogP contribution >= 0.6 is 15.9 Å². The topological polar surface area (TPSA) is 66.8 Å². The number of nitrogens with zero attached hydrogens (tertiary/aromatic N) is 1. The summed E-state index contributed by atoms with van der Waals surface area (Å²) in [7, 11) is 0. The van der Waals surface area contributed by atoms with E-state index in [0.717, 1.165) is 10.0 Å². The fraction of sp³-hybridized carbons (Fsp3) is 0.556. The highest BCUT2D eigenvalue weighted by molar-refractivity contribution is 9.10. The molecule has 1 fully saturated rings. The number of carbonyl (C=O) groups is 2. The molecular weight excluding hydrogens is 374 g/mol. The van der Waals surface area contributed by atoms with Crippen LogP contribution in [0.25, 0.3) is 0 Å². The SMILES string of the molecule is CC(C)(C)OC(=O)[C@@H](Cc1cccc(Br)c1)[C@H]1CCN(C(=O)O)C1. The molecule has 1 heterocycles. The van der Waals surface area contributed by atoms with Crippen LogP contribution in [0.15, 0.2) is 28.7 Å². The third-order valence-electron chi connectivity index (χ3n) is 4.12. The molecule has 1 aliphatic heterocycles. The maximum atomic E-state index is 12.7. The van der Waals surface area contributed by atoms with Crippen LogP contribution in [-0.4, -0.2) is 40.8 Å². The van der Waals surface area contributed by atoms with Crippen LogP contribution in [0.5, 0.6) is 0 Å². The number of amides is 1. The van der Waals surface area contributed by atoms with Crippen molar-refractivity contribution in [3.8, 4) is 0 Å². The fourth-order valence-corrected chi connectivity index (χ4v) is 3.47. The fourth-order valence-electron chi connectivity index (χ4n) is 3.03. The number of hydrogen-bond donors (Lipinski definition) is 1. The van der Waals surface area contributed by atoms with Crippen LogP contribution in [0.2, 0.25) is 0 Å². The van der Waals surface area contributed by atoms with E-state index >= 15 is 0 Å². The summed E-state index contributed by atoms with van der Waals surface area (Å²) in [6.07, 6.45) is 0.305. The number of carbonyl (C=O) groups excluding carboxylic acids is 1. The number of carboxylic acid groups (broad SMARTS) is 1. The highest BCUT2D eigenvalue weighted by Gasteiger charge is 2.37. The Morgan fingerprint density at radius 2 is 2.12 bits per heavy atom. The normalized spacial score (nSPS) is 19.2. The van der Waals surface area contributed by atoms with Gasteiger partial charge in [0.05, 0.1) is 5.92 Å². The molecule has 1 N–H and O–H groups in total. The minimum atomic E-state index is -0.928. The van der Waals surface area contributed by atoms with E-state index in [2.05, 4.69) is 15.9 Å². The van der Waals surface area contributed by atoms with Crippen LogP contribution in [0.1, 0.15) is 32.8 Å². The van der Waals surface area contributed by atoms with Gasteiger partial charge < -0.3 is 14.7 Å². The molecule has 1 aliphatic rings. The number of esters is 1. The lowest BCUT2D eigenvalue weighted by molar-refractivity contribution is -0.161. The van der Waals surface area contributed by atoms with E-state index in [9.17, 15) is 9.59 Å². The van der Waals surface area contributed by atoms with E-state index in [4.69, 9.17) is 9.84 Å². The molecule has 0 bridgehead atoms. The summed E-state index contributed by atoms with van der Waals surface area (Å²) in [5.41, 5.74) is 0.478. The number of hydrogen-bond acceptors (Lipinski definition) is 3. The number of rotatable bonds is 4. The van der Waals surface area contributed by atoms with E-state index in [1.54, 1.807) is 0 Å². The van der Waals surface area contributed by atoms with Gasteiger partial charge in [0.15, 0.2) is 0 Å². The molecule has 0 aliphatic carbocycles. The first-order valence-electron chi connectivity index (χ1n) is 8.11. The van der Waals surface area contributed by atoms with Crippen molar-refractivity contribution in [1.82, 2.24) is 4.90 Å². The van der Waals surface area contributed by atoms with Crippen molar-refractivity contribution < 1.29 is 19.4 Å². The smallest absolute Gasteiger partial charge is 0.407 e. The number of benzene rings is 1. The van der Waals surface area contributed by atoms with Gasteiger partial charge in [0.2, 0.25) is 0 Å². The molecule has 2 rings (SSSR count). The first kappa shape index (κ1) is 18.8. The molecule has 1 aromatic carbocycles. The lowest BCUT2D eigenvalue weighted by Gasteiger charge is -2.27. The Balaban J connectivity index is 2.18. The molecule has 2 atom stereocenters. The minimum absolute atomic E-state index is 0.0186. The number of halogens is 1. The van der Waals surface area contributed by atoms with E-state index in [1.165, 1.54) is 4.90 Å². The second kappa shape index (κ2) is 7.55. The summed E-state index contributed by atoms with van der Waals surface area (Å²) < 4.78 is 6.55. The van der Waals surface area contributed by atoms with Crippen LogP contribution < -0.4 is 0 Å². The van der Waals surface area contributed by atoms with E-state index in [-0.39, 0.29) is 17.8 Å². The first-order chi connectivity index (χ1) is 11.2. The van der Waals surface area contributed by atoms with Gasteiger partial charge in [-0.1, -0.05) is 28.1 Å². The molecule has 0 spiro atoms. The lowest BCUT2D eigenvalue weighted by Crippen LogP contribution is -2.35. The average Bonchev–Trinajstić information content (AvgIpc) is 2.92.